The van der Waals surface area contributed by atoms with E-state index in [1.807, 2.05) is 12.1 Å². The number of hydrogen-bond acceptors (Lipinski definition) is 4. The summed E-state index contributed by atoms with van der Waals surface area (Å²) in [5, 5.41) is 16.4. The molecule has 0 N–H and O–H groups in total. The van der Waals surface area contributed by atoms with Crippen molar-refractivity contribution in [3.8, 4) is 34.2 Å². The van der Waals surface area contributed by atoms with Crippen LogP contribution in [0.25, 0.3) is 121 Å². The second kappa shape index (κ2) is 11.5. The molecule has 0 atom stereocenters. The summed E-state index contributed by atoms with van der Waals surface area (Å²) in [5.41, 5.74) is 4.56. The van der Waals surface area contributed by atoms with E-state index in [-0.39, 0.29) is 0 Å². The van der Waals surface area contributed by atoms with E-state index in [9.17, 15) is 0 Å². The van der Waals surface area contributed by atoms with E-state index in [2.05, 4.69) is 164 Å². The van der Waals surface area contributed by atoms with Crippen LogP contribution in [0.15, 0.2) is 180 Å². The molecule has 4 nitrogen and oxygen atoms in total. The smallest absolute Gasteiger partial charge is 0.164 e. The van der Waals surface area contributed by atoms with E-state index in [0.29, 0.717) is 17.5 Å². The molecule has 0 bridgehead atoms. The Morgan fingerprint density at radius 2 is 0.745 bits per heavy atom. The lowest BCUT2D eigenvalue weighted by Crippen LogP contribution is -2.00. The minimum Gasteiger partial charge on any atom is -0.455 e. The van der Waals surface area contributed by atoms with Crippen LogP contribution in [0.3, 0.4) is 0 Å². The topological polar surface area (TPSA) is 51.8 Å². The zero-order valence-electron chi connectivity index (χ0n) is 29.5. The van der Waals surface area contributed by atoms with Crippen molar-refractivity contribution in [3.63, 3.8) is 0 Å². The molecule has 0 aliphatic heterocycles. The molecule has 12 aromatic rings. The first-order chi connectivity index (χ1) is 27.2. The first kappa shape index (κ1) is 30.1. The molecule has 0 saturated carbocycles. The number of para-hydroxylation sites is 1. The molecule has 10 aromatic carbocycles. The van der Waals surface area contributed by atoms with Gasteiger partial charge in [0.15, 0.2) is 17.5 Å². The summed E-state index contributed by atoms with van der Waals surface area (Å²) in [6.07, 6.45) is 0. The van der Waals surface area contributed by atoms with Gasteiger partial charge in [-0.1, -0.05) is 152 Å². The standard InChI is InChI=1S/C51H29N3O/c1-2-11-32-27-34(18-17-30(32)9-1)49-52-50(35-21-23-38-33(28-35)20-25-40-37-12-4-3-10-31(37)19-24-41(38)40)54-51(53-49)36-22-26-42-39-13-5-6-14-43(39)48-47(45(42)29-36)44-15-7-8-16-46(44)55-48/h1-29H. The lowest BCUT2D eigenvalue weighted by Gasteiger charge is -2.12. The molecule has 0 unspecified atom stereocenters. The van der Waals surface area contributed by atoms with Crippen LogP contribution in [0.4, 0.5) is 0 Å². The molecule has 0 saturated heterocycles. The van der Waals surface area contributed by atoms with Gasteiger partial charge in [0.25, 0.3) is 0 Å². The Hall–Kier alpha value is -7.43. The Kier molecular flexibility index (Phi) is 6.31. The summed E-state index contributed by atoms with van der Waals surface area (Å²) in [5.74, 6) is 1.88. The number of aromatic nitrogens is 3. The number of hydrogen-bond donors (Lipinski definition) is 0. The Bertz CT molecular complexity index is 3560. The van der Waals surface area contributed by atoms with Gasteiger partial charge in [-0.25, -0.2) is 15.0 Å². The van der Waals surface area contributed by atoms with Crippen LogP contribution in [0.1, 0.15) is 0 Å². The second-order valence-electron chi connectivity index (χ2n) is 14.4. The third-order valence-electron chi connectivity index (χ3n) is 11.2. The van der Waals surface area contributed by atoms with Gasteiger partial charge < -0.3 is 4.42 Å². The minimum absolute atomic E-state index is 0.620. The van der Waals surface area contributed by atoms with Crippen molar-refractivity contribution in [2.75, 3.05) is 0 Å². The molecule has 254 valence electrons. The van der Waals surface area contributed by atoms with Gasteiger partial charge in [-0.15, -0.1) is 0 Å². The SMILES string of the molecule is c1ccc2cc(-c3nc(-c4ccc5c(ccc6c7ccccc7ccc56)c4)nc(-c4ccc5c6ccccc6c6oc7ccccc7c6c5c4)n3)ccc2c1. The zero-order chi connectivity index (χ0) is 36.0. The summed E-state index contributed by atoms with van der Waals surface area (Å²) in [7, 11) is 0. The fourth-order valence-corrected chi connectivity index (χ4v) is 8.60. The van der Waals surface area contributed by atoms with Crippen LogP contribution in [-0.2, 0) is 0 Å². The number of benzene rings is 10. The highest BCUT2D eigenvalue weighted by Gasteiger charge is 2.19. The van der Waals surface area contributed by atoms with Crippen LogP contribution in [0.5, 0.6) is 0 Å². The van der Waals surface area contributed by atoms with E-state index >= 15 is 0 Å². The van der Waals surface area contributed by atoms with Crippen LogP contribution in [-0.4, -0.2) is 15.0 Å². The fourth-order valence-electron chi connectivity index (χ4n) is 8.60. The molecule has 4 heteroatoms. The molecule has 0 amide bonds. The minimum atomic E-state index is 0.620. The lowest BCUT2D eigenvalue weighted by molar-refractivity contribution is 0.673. The van der Waals surface area contributed by atoms with E-state index in [1.165, 1.54) is 32.3 Å². The number of furan rings is 1. The fraction of sp³-hybridized carbons (Fsp3) is 0. The first-order valence-electron chi connectivity index (χ1n) is 18.6. The van der Waals surface area contributed by atoms with Crippen molar-refractivity contribution in [2.24, 2.45) is 0 Å². The predicted octanol–water partition coefficient (Wildman–Crippen LogP) is 13.7. The van der Waals surface area contributed by atoms with Crippen LogP contribution in [0.2, 0.25) is 0 Å². The highest BCUT2D eigenvalue weighted by molar-refractivity contribution is 6.30. The average molecular weight is 700 g/mol. The van der Waals surface area contributed by atoms with Crippen molar-refractivity contribution < 1.29 is 4.42 Å². The molecule has 2 heterocycles. The first-order valence-corrected chi connectivity index (χ1v) is 18.6. The molecule has 0 fully saturated rings. The zero-order valence-corrected chi connectivity index (χ0v) is 29.5. The van der Waals surface area contributed by atoms with E-state index in [4.69, 9.17) is 19.4 Å². The van der Waals surface area contributed by atoms with Crippen molar-refractivity contribution in [2.45, 2.75) is 0 Å². The summed E-state index contributed by atoms with van der Waals surface area (Å²) in [4.78, 5) is 15.6. The van der Waals surface area contributed by atoms with E-state index in [1.54, 1.807) is 0 Å². The summed E-state index contributed by atoms with van der Waals surface area (Å²) < 4.78 is 6.55. The van der Waals surface area contributed by atoms with Gasteiger partial charge in [0.05, 0.1) is 0 Å². The molecule has 0 spiro atoms. The van der Waals surface area contributed by atoms with Crippen LogP contribution < -0.4 is 0 Å². The van der Waals surface area contributed by atoms with Crippen molar-refractivity contribution in [1.29, 1.82) is 0 Å². The Morgan fingerprint density at radius 3 is 1.51 bits per heavy atom. The molecule has 0 aliphatic rings. The molecule has 55 heavy (non-hydrogen) atoms. The third-order valence-corrected chi connectivity index (χ3v) is 11.2. The maximum absolute atomic E-state index is 6.55. The number of nitrogens with zero attached hydrogens (tertiary/aromatic N) is 3. The van der Waals surface area contributed by atoms with Gasteiger partial charge in [0, 0.05) is 32.8 Å². The summed E-state index contributed by atoms with van der Waals surface area (Å²) in [6.45, 7) is 0. The Labute approximate surface area is 315 Å². The largest absolute Gasteiger partial charge is 0.455 e. The monoisotopic (exact) mass is 699 g/mol. The second-order valence-corrected chi connectivity index (χ2v) is 14.4. The normalized spacial score (nSPS) is 12.0. The van der Waals surface area contributed by atoms with Crippen molar-refractivity contribution in [1.82, 2.24) is 15.0 Å². The Morgan fingerprint density at radius 1 is 0.291 bits per heavy atom. The third kappa shape index (κ3) is 4.62. The lowest BCUT2D eigenvalue weighted by atomic mass is 9.95. The molecular formula is C51H29N3O. The van der Waals surface area contributed by atoms with Gasteiger partial charge in [0.1, 0.15) is 11.2 Å². The Balaban J connectivity index is 1.09. The quantitative estimate of drug-likeness (QED) is 0.172. The van der Waals surface area contributed by atoms with E-state index < -0.39 is 0 Å². The molecular weight excluding hydrogens is 671 g/mol. The van der Waals surface area contributed by atoms with Crippen LogP contribution >= 0.6 is 0 Å². The van der Waals surface area contributed by atoms with Gasteiger partial charge in [-0.3, -0.25) is 0 Å². The van der Waals surface area contributed by atoms with Crippen LogP contribution in [0, 0.1) is 0 Å². The number of fused-ring (bicyclic) bond motifs is 14. The highest BCUT2D eigenvalue weighted by Crippen LogP contribution is 2.42. The van der Waals surface area contributed by atoms with Gasteiger partial charge in [0.2, 0.25) is 0 Å². The maximum atomic E-state index is 6.55. The molecule has 0 aliphatic carbocycles. The molecule has 2 aromatic heterocycles. The van der Waals surface area contributed by atoms with Crippen molar-refractivity contribution in [3.05, 3.63) is 176 Å². The summed E-state index contributed by atoms with van der Waals surface area (Å²) >= 11 is 0. The van der Waals surface area contributed by atoms with Crippen molar-refractivity contribution >= 4 is 86.6 Å². The van der Waals surface area contributed by atoms with E-state index in [0.717, 1.165) is 70.9 Å². The molecule has 0 radical (unpaired) electrons. The number of rotatable bonds is 3. The summed E-state index contributed by atoms with van der Waals surface area (Å²) in [6, 6.07) is 62.2. The van der Waals surface area contributed by atoms with Gasteiger partial charge in [-0.2, -0.15) is 0 Å². The van der Waals surface area contributed by atoms with Gasteiger partial charge in [-0.05, 0) is 83.5 Å². The average Bonchev–Trinajstić information content (AvgIpc) is 3.66. The van der Waals surface area contributed by atoms with Gasteiger partial charge >= 0.3 is 0 Å². The molecule has 12 rings (SSSR count). The maximum Gasteiger partial charge on any atom is 0.164 e. The highest BCUT2D eigenvalue weighted by atomic mass is 16.3. The predicted molar refractivity (Wildman–Crippen MR) is 228 cm³/mol.